The zero-order chi connectivity index (χ0) is 15.6. The first kappa shape index (κ1) is 16.3. The summed E-state index contributed by atoms with van der Waals surface area (Å²) in [5, 5.41) is 4.12. The van der Waals surface area contributed by atoms with E-state index < -0.39 is 0 Å². The van der Waals surface area contributed by atoms with E-state index in [0.29, 0.717) is 12.0 Å². The van der Waals surface area contributed by atoms with Gasteiger partial charge in [0.15, 0.2) is 0 Å². The van der Waals surface area contributed by atoms with Gasteiger partial charge in [-0.1, -0.05) is 20.8 Å². The average Bonchev–Trinajstić information content (AvgIpc) is 3.14. The van der Waals surface area contributed by atoms with Gasteiger partial charge in [0, 0.05) is 23.2 Å². The maximum Gasteiger partial charge on any atom is 0.318 e. The first-order valence-corrected chi connectivity index (χ1v) is 8.79. The number of nitrogens with zero attached hydrogens (tertiary/aromatic N) is 2. The Morgan fingerprint density at radius 2 is 2.10 bits per heavy atom. The van der Waals surface area contributed by atoms with Crippen LogP contribution in [0.2, 0.25) is 0 Å². The van der Waals surface area contributed by atoms with Crippen LogP contribution in [0.3, 0.4) is 0 Å². The minimum Gasteiger partial charge on any atom is -0.329 e. The van der Waals surface area contributed by atoms with Gasteiger partial charge in [-0.15, -0.1) is 11.3 Å². The molecule has 0 radical (unpaired) electrons. The second-order valence-corrected chi connectivity index (χ2v) is 7.46. The zero-order valence-electron chi connectivity index (χ0n) is 13.7. The van der Waals surface area contributed by atoms with Crippen LogP contribution in [-0.4, -0.2) is 28.0 Å². The molecule has 1 saturated carbocycles. The quantitative estimate of drug-likeness (QED) is 0.863. The Morgan fingerprint density at radius 3 is 2.57 bits per heavy atom. The fourth-order valence-corrected chi connectivity index (χ4v) is 3.22. The van der Waals surface area contributed by atoms with Gasteiger partial charge in [-0.3, -0.25) is 0 Å². The molecule has 21 heavy (non-hydrogen) atoms. The smallest absolute Gasteiger partial charge is 0.318 e. The molecule has 5 heteroatoms. The number of aryl methyl sites for hydroxylation is 1. The van der Waals surface area contributed by atoms with Crippen molar-refractivity contribution in [1.29, 1.82) is 0 Å². The number of thiazole rings is 1. The van der Waals surface area contributed by atoms with Crippen molar-refractivity contribution in [1.82, 2.24) is 15.2 Å². The molecule has 2 rings (SSSR count). The van der Waals surface area contributed by atoms with Crippen LogP contribution >= 0.6 is 11.3 Å². The molecule has 1 aliphatic carbocycles. The molecule has 0 saturated heterocycles. The van der Waals surface area contributed by atoms with Crippen LogP contribution in [0.1, 0.15) is 63.4 Å². The molecule has 1 aromatic heterocycles. The lowest BCUT2D eigenvalue weighted by Crippen LogP contribution is -2.48. The van der Waals surface area contributed by atoms with Crippen molar-refractivity contribution in [3.05, 3.63) is 16.1 Å². The summed E-state index contributed by atoms with van der Waals surface area (Å²) < 4.78 is 0. The van der Waals surface area contributed by atoms with E-state index in [1.54, 1.807) is 11.3 Å². The number of carbonyl (C=O) groups is 1. The monoisotopic (exact) mass is 309 g/mol. The molecule has 4 nitrogen and oxygen atoms in total. The number of hydrogen-bond donors (Lipinski definition) is 1. The number of rotatable bonds is 6. The van der Waals surface area contributed by atoms with E-state index in [2.05, 4.69) is 38.0 Å². The van der Waals surface area contributed by atoms with E-state index in [-0.39, 0.29) is 18.1 Å². The van der Waals surface area contributed by atoms with Crippen LogP contribution in [0.5, 0.6) is 0 Å². The fourth-order valence-electron chi connectivity index (χ4n) is 2.36. The molecule has 0 aliphatic heterocycles. The Labute approximate surface area is 132 Å². The lowest BCUT2D eigenvalue weighted by molar-refractivity contribution is 0.154. The van der Waals surface area contributed by atoms with Crippen LogP contribution in [0.4, 0.5) is 4.79 Å². The molecule has 2 atom stereocenters. The third kappa shape index (κ3) is 3.96. The van der Waals surface area contributed by atoms with Gasteiger partial charge in [0.1, 0.15) is 5.01 Å². The summed E-state index contributed by atoms with van der Waals surface area (Å²) in [7, 11) is 0. The Balaban J connectivity index is 2.01. The summed E-state index contributed by atoms with van der Waals surface area (Å²) in [4.78, 5) is 20.3. The van der Waals surface area contributed by atoms with E-state index >= 15 is 0 Å². The highest BCUT2D eigenvalue weighted by Gasteiger charge is 2.37. The third-order valence-electron chi connectivity index (χ3n) is 4.21. The van der Waals surface area contributed by atoms with E-state index in [1.807, 2.05) is 18.0 Å². The van der Waals surface area contributed by atoms with E-state index in [0.717, 1.165) is 24.3 Å². The molecular weight excluding hydrogens is 282 g/mol. The molecule has 1 N–H and O–H groups in total. The fraction of sp³-hybridized carbons (Fsp3) is 0.750. The first-order chi connectivity index (χ1) is 9.93. The Morgan fingerprint density at radius 1 is 1.43 bits per heavy atom. The number of nitrogens with one attached hydrogen (secondary N) is 1. The van der Waals surface area contributed by atoms with Gasteiger partial charge in [0.25, 0.3) is 0 Å². The molecule has 0 spiro atoms. The van der Waals surface area contributed by atoms with Gasteiger partial charge >= 0.3 is 6.03 Å². The highest BCUT2D eigenvalue weighted by Crippen LogP contribution is 2.31. The lowest BCUT2D eigenvalue weighted by Gasteiger charge is -2.33. The van der Waals surface area contributed by atoms with Gasteiger partial charge in [0.2, 0.25) is 0 Å². The van der Waals surface area contributed by atoms with Gasteiger partial charge < -0.3 is 10.2 Å². The second kappa shape index (κ2) is 6.77. The van der Waals surface area contributed by atoms with Gasteiger partial charge in [-0.25, -0.2) is 9.78 Å². The zero-order valence-corrected chi connectivity index (χ0v) is 14.5. The van der Waals surface area contributed by atoms with Crippen LogP contribution in [0.25, 0.3) is 0 Å². The van der Waals surface area contributed by atoms with Crippen molar-refractivity contribution < 1.29 is 4.79 Å². The predicted octanol–water partition coefficient (Wildman–Crippen LogP) is 3.99. The number of carbonyl (C=O) groups excluding carboxylic acids is 1. The molecule has 0 bridgehead atoms. The molecule has 1 aliphatic rings. The van der Waals surface area contributed by atoms with E-state index in [1.165, 1.54) is 4.88 Å². The average molecular weight is 309 g/mol. The summed E-state index contributed by atoms with van der Waals surface area (Å²) in [6.07, 6.45) is 5.18. The Bertz CT molecular complexity index is 482. The maximum absolute atomic E-state index is 12.6. The lowest BCUT2D eigenvalue weighted by atomic mass is 10.0. The SMILES string of the molecule is CCc1cnc([C@@H](C)NC(=O)N(C2CC2)[C@H](C)C(C)C)s1. The van der Waals surface area contributed by atoms with Crippen molar-refractivity contribution in [3.63, 3.8) is 0 Å². The Hall–Kier alpha value is -1.10. The van der Waals surface area contributed by atoms with E-state index in [4.69, 9.17) is 0 Å². The number of hydrogen-bond acceptors (Lipinski definition) is 3. The standard InChI is InChI=1S/C16H27N3OS/c1-6-14-9-17-15(21-14)11(4)18-16(20)19(13-7-8-13)12(5)10(2)3/h9-13H,6-8H2,1-5H3,(H,18,20)/t11-,12-/m1/s1. The normalized spacial score (nSPS) is 17.6. The van der Waals surface area contributed by atoms with Crippen LogP contribution in [0, 0.1) is 5.92 Å². The van der Waals surface area contributed by atoms with Crippen molar-refractivity contribution in [2.45, 2.75) is 72.0 Å². The second-order valence-electron chi connectivity index (χ2n) is 6.31. The first-order valence-electron chi connectivity index (χ1n) is 7.97. The largest absolute Gasteiger partial charge is 0.329 e. The summed E-state index contributed by atoms with van der Waals surface area (Å²) in [6, 6.07) is 0.729. The van der Waals surface area contributed by atoms with Gasteiger partial charge in [-0.05, 0) is 39.0 Å². The van der Waals surface area contributed by atoms with Crippen LogP contribution < -0.4 is 5.32 Å². The summed E-state index contributed by atoms with van der Waals surface area (Å²) >= 11 is 1.69. The highest BCUT2D eigenvalue weighted by molar-refractivity contribution is 7.11. The van der Waals surface area contributed by atoms with Crippen molar-refractivity contribution >= 4 is 17.4 Å². The third-order valence-corrected chi connectivity index (χ3v) is 5.53. The van der Waals surface area contributed by atoms with Crippen LogP contribution in [0.15, 0.2) is 6.20 Å². The topological polar surface area (TPSA) is 45.2 Å². The summed E-state index contributed by atoms with van der Waals surface area (Å²) in [5.41, 5.74) is 0. The van der Waals surface area contributed by atoms with Crippen molar-refractivity contribution in [2.75, 3.05) is 0 Å². The predicted molar refractivity (Wildman–Crippen MR) is 87.6 cm³/mol. The number of aromatic nitrogens is 1. The van der Waals surface area contributed by atoms with Gasteiger partial charge in [0.05, 0.1) is 6.04 Å². The number of urea groups is 1. The van der Waals surface area contributed by atoms with Crippen molar-refractivity contribution in [3.8, 4) is 0 Å². The molecule has 1 aromatic rings. The summed E-state index contributed by atoms with van der Waals surface area (Å²) in [6.45, 7) is 10.6. The molecule has 1 heterocycles. The highest BCUT2D eigenvalue weighted by atomic mass is 32.1. The molecule has 1 fully saturated rings. The molecule has 0 unspecified atom stereocenters. The minimum absolute atomic E-state index is 0.0246. The van der Waals surface area contributed by atoms with Crippen molar-refractivity contribution in [2.24, 2.45) is 5.92 Å². The summed E-state index contributed by atoms with van der Waals surface area (Å²) in [5.74, 6) is 0.471. The molecule has 2 amide bonds. The number of amides is 2. The molecule has 118 valence electrons. The minimum atomic E-state index is -0.0246. The maximum atomic E-state index is 12.6. The Kier molecular flexibility index (Phi) is 5.25. The molecular formula is C16H27N3OS. The molecule has 0 aromatic carbocycles. The van der Waals surface area contributed by atoms with Crippen LogP contribution in [-0.2, 0) is 6.42 Å². The van der Waals surface area contributed by atoms with E-state index in [9.17, 15) is 4.79 Å². The van der Waals surface area contributed by atoms with Gasteiger partial charge in [-0.2, -0.15) is 0 Å².